The van der Waals surface area contributed by atoms with Crippen LogP contribution in [0.25, 0.3) is 0 Å². The summed E-state index contributed by atoms with van der Waals surface area (Å²) < 4.78 is 7.36. The van der Waals surface area contributed by atoms with Crippen LogP contribution in [0.3, 0.4) is 0 Å². The van der Waals surface area contributed by atoms with E-state index in [2.05, 4.69) is 16.0 Å². The van der Waals surface area contributed by atoms with Crippen LogP contribution in [0.4, 0.5) is 5.82 Å². The molecule has 164 valence electrons. The number of amides is 2. The maximum atomic E-state index is 12.9. The van der Waals surface area contributed by atoms with Crippen molar-refractivity contribution in [1.29, 1.82) is 5.26 Å². The first-order valence-electron chi connectivity index (χ1n) is 11.0. The lowest BCUT2D eigenvalue weighted by molar-refractivity contribution is -0.117. The van der Waals surface area contributed by atoms with Crippen LogP contribution >= 0.6 is 0 Å². The number of hydrogen-bond acceptors (Lipinski definition) is 5. The van der Waals surface area contributed by atoms with Crippen molar-refractivity contribution in [2.24, 2.45) is 0 Å². The zero-order chi connectivity index (χ0) is 22.0. The van der Waals surface area contributed by atoms with Crippen molar-refractivity contribution in [3.05, 3.63) is 41.0 Å². The molecule has 3 heterocycles. The third kappa shape index (κ3) is 4.23. The molecule has 2 aromatic heterocycles. The van der Waals surface area contributed by atoms with Gasteiger partial charge in [0, 0.05) is 37.9 Å². The van der Waals surface area contributed by atoms with Crippen molar-refractivity contribution in [3.8, 4) is 6.07 Å². The monoisotopic (exact) mass is 423 g/mol. The van der Waals surface area contributed by atoms with Crippen molar-refractivity contribution < 1.29 is 14.0 Å². The van der Waals surface area contributed by atoms with Crippen LogP contribution in [0.1, 0.15) is 59.1 Å². The highest BCUT2D eigenvalue weighted by Gasteiger charge is 2.28. The molecule has 1 N–H and O–H groups in total. The second-order valence-electron chi connectivity index (χ2n) is 8.45. The van der Waals surface area contributed by atoms with E-state index in [1.807, 2.05) is 18.7 Å². The van der Waals surface area contributed by atoms with Gasteiger partial charge in [-0.3, -0.25) is 14.5 Å². The topological polar surface area (TPSA) is 94.5 Å². The van der Waals surface area contributed by atoms with Crippen LogP contribution < -0.4 is 5.32 Å². The standard InChI is InChI=1S/C23H29N5O3/c1-16-17(2)28(18-6-3-4-7-18)22(19(16)14-24)25-21(29)15-26-9-11-27(12-10-26)23(30)20-8-5-13-31-20/h5,8,13,18H,3-4,6-7,9-12,15H2,1-2H3,(H,25,29). The number of carbonyl (C=O) groups excluding carboxylic acids is 2. The number of aromatic nitrogens is 1. The van der Waals surface area contributed by atoms with Gasteiger partial charge in [0.05, 0.1) is 18.4 Å². The molecule has 1 saturated heterocycles. The van der Waals surface area contributed by atoms with Gasteiger partial charge in [-0.25, -0.2) is 0 Å². The van der Waals surface area contributed by atoms with E-state index in [0.717, 1.165) is 24.1 Å². The average Bonchev–Trinajstić information content (AvgIpc) is 3.51. The minimum Gasteiger partial charge on any atom is -0.459 e. The van der Waals surface area contributed by atoms with Gasteiger partial charge in [-0.1, -0.05) is 12.8 Å². The number of nitriles is 1. The highest BCUT2D eigenvalue weighted by molar-refractivity contribution is 5.93. The summed E-state index contributed by atoms with van der Waals surface area (Å²) >= 11 is 0. The van der Waals surface area contributed by atoms with Gasteiger partial charge >= 0.3 is 0 Å². The number of nitrogens with one attached hydrogen (secondary N) is 1. The van der Waals surface area contributed by atoms with E-state index in [4.69, 9.17) is 4.42 Å². The predicted molar refractivity (Wildman–Crippen MR) is 116 cm³/mol. The number of piperazine rings is 1. The van der Waals surface area contributed by atoms with Gasteiger partial charge in [-0.15, -0.1) is 0 Å². The summed E-state index contributed by atoms with van der Waals surface area (Å²) in [6, 6.07) is 5.99. The summed E-state index contributed by atoms with van der Waals surface area (Å²) in [5, 5.41) is 12.7. The predicted octanol–water partition coefficient (Wildman–Crippen LogP) is 3.08. The SMILES string of the molecule is Cc1c(C#N)c(NC(=O)CN2CCN(C(=O)c3ccco3)CC2)n(C2CCCC2)c1C. The molecule has 31 heavy (non-hydrogen) atoms. The Balaban J connectivity index is 1.39. The molecule has 0 radical (unpaired) electrons. The molecular weight excluding hydrogens is 394 g/mol. The Labute approximate surface area is 182 Å². The first kappa shape index (κ1) is 21.2. The van der Waals surface area contributed by atoms with Gasteiger partial charge in [0.15, 0.2) is 5.76 Å². The first-order chi connectivity index (χ1) is 15.0. The van der Waals surface area contributed by atoms with Crippen LogP contribution in [-0.2, 0) is 4.79 Å². The van der Waals surface area contributed by atoms with Gasteiger partial charge < -0.3 is 19.2 Å². The Morgan fingerprint density at radius 2 is 1.90 bits per heavy atom. The summed E-state index contributed by atoms with van der Waals surface area (Å²) in [7, 11) is 0. The van der Waals surface area contributed by atoms with Gasteiger partial charge in [0.1, 0.15) is 11.9 Å². The summed E-state index contributed by atoms with van der Waals surface area (Å²) in [5.74, 6) is 0.738. The molecule has 1 saturated carbocycles. The number of carbonyl (C=O) groups is 2. The zero-order valence-corrected chi connectivity index (χ0v) is 18.2. The fourth-order valence-corrected chi connectivity index (χ4v) is 4.75. The summed E-state index contributed by atoms with van der Waals surface area (Å²) in [6.45, 7) is 6.55. The molecule has 0 atom stereocenters. The third-order valence-corrected chi connectivity index (χ3v) is 6.57. The van der Waals surface area contributed by atoms with E-state index >= 15 is 0 Å². The molecule has 1 aliphatic heterocycles. The van der Waals surface area contributed by atoms with Crippen molar-refractivity contribution in [1.82, 2.24) is 14.4 Å². The van der Waals surface area contributed by atoms with Gasteiger partial charge in [-0.2, -0.15) is 5.26 Å². The Morgan fingerprint density at radius 1 is 1.19 bits per heavy atom. The Bertz CT molecular complexity index is 988. The van der Waals surface area contributed by atoms with Gasteiger partial charge in [-0.05, 0) is 44.4 Å². The molecular formula is C23H29N5O3. The fourth-order valence-electron chi connectivity index (χ4n) is 4.75. The van der Waals surface area contributed by atoms with E-state index in [0.29, 0.717) is 49.4 Å². The van der Waals surface area contributed by atoms with E-state index in [9.17, 15) is 14.9 Å². The molecule has 0 aromatic carbocycles. The lowest BCUT2D eigenvalue weighted by atomic mass is 10.2. The molecule has 4 rings (SSSR count). The zero-order valence-electron chi connectivity index (χ0n) is 18.2. The van der Waals surface area contributed by atoms with E-state index in [1.165, 1.54) is 19.1 Å². The van der Waals surface area contributed by atoms with Gasteiger partial charge in [0.25, 0.3) is 5.91 Å². The van der Waals surface area contributed by atoms with Crippen molar-refractivity contribution in [2.45, 2.75) is 45.6 Å². The number of furan rings is 1. The second kappa shape index (κ2) is 8.98. The Hall–Kier alpha value is -3.05. The normalized spacial score (nSPS) is 17.6. The van der Waals surface area contributed by atoms with Crippen LogP contribution in [0.15, 0.2) is 22.8 Å². The van der Waals surface area contributed by atoms with Crippen LogP contribution in [-0.4, -0.2) is 58.9 Å². The number of anilines is 1. The van der Waals surface area contributed by atoms with Gasteiger partial charge in [0.2, 0.25) is 5.91 Å². The number of nitrogens with zero attached hydrogens (tertiary/aromatic N) is 4. The summed E-state index contributed by atoms with van der Waals surface area (Å²) in [6.07, 6.45) is 6.01. The first-order valence-corrected chi connectivity index (χ1v) is 11.0. The smallest absolute Gasteiger partial charge is 0.289 e. The second-order valence-corrected chi connectivity index (χ2v) is 8.45. The number of hydrogen-bond donors (Lipinski definition) is 1. The lowest BCUT2D eigenvalue weighted by Crippen LogP contribution is -2.50. The highest BCUT2D eigenvalue weighted by atomic mass is 16.3. The largest absolute Gasteiger partial charge is 0.459 e. The van der Waals surface area contributed by atoms with E-state index in [-0.39, 0.29) is 18.4 Å². The third-order valence-electron chi connectivity index (χ3n) is 6.57. The summed E-state index contributed by atoms with van der Waals surface area (Å²) in [4.78, 5) is 29.1. The molecule has 2 amide bonds. The maximum absolute atomic E-state index is 12.9. The minimum atomic E-state index is -0.126. The fraction of sp³-hybridized carbons (Fsp3) is 0.522. The Kier molecular flexibility index (Phi) is 6.14. The van der Waals surface area contributed by atoms with Crippen LogP contribution in [0, 0.1) is 25.2 Å². The number of rotatable bonds is 5. The van der Waals surface area contributed by atoms with Crippen LogP contribution in [0.5, 0.6) is 0 Å². The molecule has 8 nitrogen and oxygen atoms in total. The highest BCUT2D eigenvalue weighted by Crippen LogP contribution is 2.37. The molecule has 0 spiro atoms. The molecule has 8 heteroatoms. The molecule has 2 aliphatic rings. The van der Waals surface area contributed by atoms with Crippen molar-refractivity contribution in [3.63, 3.8) is 0 Å². The average molecular weight is 424 g/mol. The molecule has 2 aromatic rings. The van der Waals surface area contributed by atoms with E-state index < -0.39 is 0 Å². The Morgan fingerprint density at radius 3 is 2.52 bits per heavy atom. The molecule has 0 bridgehead atoms. The lowest BCUT2D eigenvalue weighted by Gasteiger charge is -2.33. The maximum Gasteiger partial charge on any atom is 0.289 e. The van der Waals surface area contributed by atoms with Crippen molar-refractivity contribution >= 4 is 17.6 Å². The van der Waals surface area contributed by atoms with E-state index in [1.54, 1.807) is 17.0 Å². The molecule has 2 fully saturated rings. The summed E-state index contributed by atoms with van der Waals surface area (Å²) in [5.41, 5.74) is 2.56. The molecule has 0 unspecified atom stereocenters. The molecule has 1 aliphatic carbocycles. The quantitative estimate of drug-likeness (QED) is 0.798. The van der Waals surface area contributed by atoms with Crippen LogP contribution in [0.2, 0.25) is 0 Å². The minimum absolute atomic E-state index is 0.117. The van der Waals surface area contributed by atoms with Crippen molar-refractivity contribution in [2.75, 3.05) is 38.0 Å².